The molecule has 2 aromatic rings. The van der Waals surface area contributed by atoms with Crippen molar-refractivity contribution in [2.24, 2.45) is 0 Å². The molecule has 0 saturated carbocycles. The van der Waals surface area contributed by atoms with Crippen molar-refractivity contribution in [1.82, 2.24) is 4.90 Å². The van der Waals surface area contributed by atoms with Gasteiger partial charge < -0.3 is 15.1 Å². The minimum atomic E-state index is -0.157. The lowest BCUT2D eigenvalue weighted by Crippen LogP contribution is -2.31. The molecule has 2 N–H and O–H groups in total. The summed E-state index contributed by atoms with van der Waals surface area (Å²) in [6.45, 7) is 3.20. The molecule has 2 rings (SSSR count). The van der Waals surface area contributed by atoms with Gasteiger partial charge in [-0.15, -0.1) is 0 Å². The van der Waals surface area contributed by atoms with E-state index in [0.717, 1.165) is 12.0 Å². The zero-order valence-corrected chi connectivity index (χ0v) is 12.1. The normalized spacial score (nSPS) is 10.5. The minimum Gasteiger partial charge on any atom is -0.440 e. The summed E-state index contributed by atoms with van der Waals surface area (Å²) < 4.78 is 5.18. The first-order chi connectivity index (χ1) is 9.60. The van der Waals surface area contributed by atoms with Crippen molar-refractivity contribution < 1.29 is 9.21 Å². The number of hydrogen-bond acceptors (Lipinski definition) is 3. The van der Waals surface area contributed by atoms with Crippen LogP contribution < -0.4 is 5.73 Å². The molecule has 0 aliphatic rings. The summed E-state index contributed by atoms with van der Waals surface area (Å²) >= 11 is 5.71. The molecule has 0 aliphatic heterocycles. The average molecular weight is 293 g/mol. The standard InChI is InChI=1S/C15H17ClN2O2/c1-2-9-18(10-11-3-5-12(17)6-4-11)15(19)13-7-8-14(16)20-13/h3-8H,2,9-10,17H2,1H3. The molecule has 1 aromatic carbocycles. The van der Waals surface area contributed by atoms with Crippen LogP contribution in [-0.2, 0) is 6.54 Å². The number of amides is 1. The van der Waals surface area contributed by atoms with Gasteiger partial charge in [-0.05, 0) is 47.9 Å². The topological polar surface area (TPSA) is 59.5 Å². The van der Waals surface area contributed by atoms with Crippen molar-refractivity contribution in [1.29, 1.82) is 0 Å². The monoisotopic (exact) mass is 292 g/mol. The molecule has 0 aliphatic carbocycles. The van der Waals surface area contributed by atoms with Crippen LogP contribution in [0.25, 0.3) is 0 Å². The van der Waals surface area contributed by atoms with Gasteiger partial charge in [0.1, 0.15) is 0 Å². The SMILES string of the molecule is CCCN(Cc1ccc(N)cc1)C(=O)c1ccc(Cl)o1. The number of carbonyl (C=O) groups excluding carboxylic acids is 1. The molecule has 106 valence electrons. The number of nitrogens with two attached hydrogens (primary N) is 1. The Labute approximate surface area is 123 Å². The predicted octanol–water partition coefficient (Wildman–Crippen LogP) is 3.57. The van der Waals surface area contributed by atoms with Crippen molar-refractivity contribution in [2.75, 3.05) is 12.3 Å². The number of carbonyl (C=O) groups is 1. The van der Waals surface area contributed by atoms with Gasteiger partial charge in [0.15, 0.2) is 11.0 Å². The summed E-state index contributed by atoms with van der Waals surface area (Å²) in [4.78, 5) is 14.1. The molecular formula is C15H17ClN2O2. The van der Waals surface area contributed by atoms with Gasteiger partial charge in [0.05, 0.1) is 0 Å². The maximum atomic E-state index is 12.4. The molecule has 0 bridgehead atoms. The van der Waals surface area contributed by atoms with Crippen LogP contribution in [0.15, 0.2) is 40.8 Å². The van der Waals surface area contributed by atoms with E-state index in [-0.39, 0.29) is 16.9 Å². The third kappa shape index (κ3) is 3.54. The summed E-state index contributed by atoms with van der Waals surface area (Å²) in [5, 5.41) is 0.220. The molecule has 4 nitrogen and oxygen atoms in total. The van der Waals surface area contributed by atoms with E-state index in [1.165, 1.54) is 0 Å². The fraction of sp³-hybridized carbons (Fsp3) is 0.267. The van der Waals surface area contributed by atoms with E-state index in [2.05, 4.69) is 0 Å². The van der Waals surface area contributed by atoms with Gasteiger partial charge in [0, 0.05) is 18.8 Å². The summed E-state index contributed by atoms with van der Waals surface area (Å²) in [7, 11) is 0. The van der Waals surface area contributed by atoms with E-state index in [0.29, 0.717) is 18.8 Å². The summed E-state index contributed by atoms with van der Waals surface area (Å²) in [5.74, 6) is 0.106. The number of nitrogens with zero attached hydrogens (tertiary/aromatic N) is 1. The van der Waals surface area contributed by atoms with E-state index in [1.807, 2.05) is 31.2 Å². The van der Waals surface area contributed by atoms with Crippen LogP contribution in [0.2, 0.25) is 5.22 Å². The molecule has 1 aromatic heterocycles. The van der Waals surface area contributed by atoms with Crippen LogP contribution >= 0.6 is 11.6 Å². The molecule has 0 radical (unpaired) electrons. The Morgan fingerprint density at radius 1 is 1.25 bits per heavy atom. The van der Waals surface area contributed by atoms with Crippen molar-refractivity contribution >= 4 is 23.2 Å². The van der Waals surface area contributed by atoms with E-state index >= 15 is 0 Å². The number of anilines is 1. The maximum absolute atomic E-state index is 12.4. The molecule has 0 spiro atoms. The number of rotatable bonds is 5. The zero-order valence-electron chi connectivity index (χ0n) is 11.3. The van der Waals surface area contributed by atoms with E-state index < -0.39 is 0 Å². The summed E-state index contributed by atoms with van der Waals surface area (Å²) in [5.41, 5.74) is 7.39. The predicted molar refractivity (Wildman–Crippen MR) is 79.6 cm³/mol. The van der Waals surface area contributed by atoms with Crippen molar-refractivity contribution in [3.63, 3.8) is 0 Å². The number of nitrogen functional groups attached to an aromatic ring is 1. The third-order valence-electron chi connectivity index (χ3n) is 2.92. The van der Waals surface area contributed by atoms with E-state index in [9.17, 15) is 4.79 Å². The van der Waals surface area contributed by atoms with Crippen LogP contribution in [0, 0.1) is 0 Å². The first kappa shape index (κ1) is 14.5. The largest absolute Gasteiger partial charge is 0.440 e. The molecule has 1 heterocycles. The highest BCUT2D eigenvalue weighted by Crippen LogP contribution is 2.17. The van der Waals surface area contributed by atoms with Gasteiger partial charge in [0.2, 0.25) is 0 Å². The lowest BCUT2D eigenvalue weighted by Gasteiger charge is -2.21. The fourth-order valence-corrected chi connectivity index (χ4v) is 2.10. The number of halogens is 1. The maximum Gasteiger partial charge on any atom is 0.289 e. The van der Waals surface area contributed by atoms with Crippen molar-refractivity contribution in [2.45, 2.75) is 19.9 Å². The Hall–Kier alpha value is -1.94. The summed E-state index contributed by atoms with van der Waals surface area (Å²) in [6.07, 6.45) is 0.870. The van der Waals surface area contributed by atoms with Crippen LogP contribution in [0.5, 0.6) is 0 Å². The molecular weight excluding hydrogens is 276 g/mol. The Bertz CT molecular complexity index is 578. The zero-order chi connectivity index (χ0) is 14.5. The highest BCUT2D eigenvalue weighted by molar-refractivity contribution is 6.29. The van der Waals surface area contributed by atoms with Crippen molar-refractivity contribution in [3.8, 4) is 0 Å². The molecule has 20 heavy (non-hydrogen) atoms. The number of hydrogen-bond donors (Lipinski definition) is 1. The smallest absolute Gasteiger partial charge is 0.289 e. The van der Waals surface area contributed by atoms with E-state index in [4.69, 9.17) is 21.8 Å². The molecule has 0 fully saturated rings. The minimum absolute atomic E-state index is 0.157. The van der Waals surface area contributed by atoms with Crippen molar-refractivity contribution in [3.05, 3.63) is 52.9 Å². The Morgan fingerprint density at radius 3 is 2.50 bits per heavy atom. The van der Waals surface area contributed by atoms with Gasteiger partial charge in [0.25, 0.3) is 5.91 Å². The van der Waals surface area contributed by atoms with Gasteiger partial charge in [-0.1, -0.05) is 19.1 Å². The summed E-state index contributed by atoms with van der Waals surface area (Å²) in [6, 6.07) is 10.7. The quantitative estimate of drug-likeness (QED) is 0.857. The molecule has 0 saturated heterocycles. The number of furan rings is 1. The fourth-order valence-electron chi connectivity index (χ4n) is 1.95. The highest BCUT2D eigenvalue weighted by atomic mass is 35.5. The lowest BCUT2D eigenvalue weighted by atomic mass is 10.2. The second-order valence-electron chi connectivity index (χ2n) is 4.57. The molecule has 0 atom stereocenters. The van der Waals surface area contributed by atoms with Crippen LogP contribution in [0.1, 0.15) is 29.5 Å². The van der Waals surface area contributed by atoms with Crippen LogP contribution in [0.3, 0.4) is 0 Å². The molecule has 0 unspecified atom stereocenters. The molecule has 5 heteroatoms. The first-order valence-corrected chi connectivity index (χ1v) is 6.87. The highest BCUT2D eigenvalue weighted by Gasteiger charge is 2.18. The van der Waals surface area contributed by atoms with E-state index in [1.54, 1.807) is 17.0 Å². The van der Waals surface area contributed by atoms with Gasteiger partial charge in [-0.2, -0.15) is 0 Å². The first-order valence-electron chi connectivity index (χ1n) is 6.49. The second-order valence-corrected chi connectivity index (χ2v) is 4.94. The third-order valence-corrected chi connectivity index (χ3v) is 3.12. The van der Waals surface area contributed by atoms with Gasteiger partial charge in [-0.3, -0.25) is 4.79 Å². The van der Waals surface area contributed by atoms with Crippen LogP contribution in [0.4, 0.5) is 5.69 Å². The molecule has 1 amide bonds. The van der Waals surface area contributed by atoms with Crippen LogP contribution in [-0.4, -0.2) is 17.4 Å². The lowest BCUT2D eigenvalue weighted by molar-refractivity contribution is 0.0711. The Morgan fingerprint density at radius 2 is 1.95 bits per heavy atom. The second kappa shape index (κ2) is 6.48. The van der Waals surface area contributed by atoms with Gasteiger partial charge >= 0.3 is 0 Å². The average Bonchev–Trinajstić information content (AvgIpc) is 2.86. The Balaban J connectivity index is 2.14. The number of benzene rings is 1. The Kier molecular flexibility index (Phi) is 4.69. The van der Waals surface area contributed by atoms with Gasteiger partial charge in [-0.25, -0.2) is 0 Å².